The number of piperidine rings is 1. The number of aromatic nitrogens is 2. The molecule has 2 aromatic rings. The summed E-state index contributed by atoms with van der Waals surface area (Å²) in [7, 11) is 0. The van der Waals surface area contributed by atoms with Gasteiger partial charge in [-0.25, -0.2) is 4.98 Å². The Morgan fingerprint density at radius 1 is 1.57 bits per heavy atom. The minimum Gasteiger partial charge on any atom is -0.354 e. The van der Waals surface area contributed by atoms with Gasteiger partial charge in [-0.2, -0.15) is 5.26 Å². The highest BCUT2D eigenvalue weighted by Gasteiger charge is 2.29. The Labute approximate surface area is 127 Å². The molecule has 1 fully saturated rings. The van der Waals surface area contributed by atoms with Gasteiger partial charge in [-0.05, 0) is 38.0 Å². The summed E-state index contributed by atoms with van der Waals surface area (Å²) in [4.78, 5) is 16.7. The summed E-state index contributed by atoms with van der Waals surface area (Å²) in [6.07, 6.45) is 1.68. The zero-order valence-corrected chi connectivity index (χ0v) is 12.4. The van der Waals surface area contributed by atoms with Crippen molar-refractivity contribution in [2.24, 2.45) is 0 Å². The average molecular weight is 303 g/mol. The van der Waals surface area contributed by atoms with Gasteiger partial charge in [0.15, 0.2) is 0 Å². The zero-order chi connectivity index (χ0) is 15.0. The highest BCUT2D eigenvalue weighted by atomic mass is 35.5. The first-order valence-corrected chi connectivity index (χ1v) is 7.39. The van der Waals surface area contributed by atoms with Gasteiger partial charge in [0.25, 0.3) is 0 Å². The predicted octanol–water partition coefficient (Wildman–Crippen LogP) is 2.66. The van der Waals surface area contributed by atoms with Gasteiger partial charge in [0.05, 0.1) is 28.0 Å². The van der Waals surface area contributed by atoms with Crippen LogP contribution in [0.3, 0.4) is 0 Å². The van der Waals surface area contributed by atoms with Crippen LogP contribution in [0.5, 0.6) is 0 Å². The van der Waals surface area contributed by atoms with Crippen LogP contribution in [0.4, 0.5) is 0 Å². The van der Waals surface area contributed by atoms with Crippen LogP contribution in [0, 0.1) is 11.3 Å². The molecule has 2 heterocycles. The molecule has 0 bridgehead atoms. The number of alkyl halides is 1. The number of amides is 1. The SMILES string of the molecule is CC(Cl)c1nc2ccc(C#N)cc2n1C1CCCNC1=O. The van der Waals surface area contributed by atoms with Crippen LogP contribution < -0.4 is 5.32 Å². The van der Waals surface area contributed by atoms with Gasteiger partial charge in [-0.1, -0.05) is 0 Å². The molecule has 1 aliphatic heterocycles. The molecule has 21 heavy (non-hydrogen) atoms. The second kappa shape index (κ2) is 5.38. The van der Waals surface area contributed by atoms with Crippen molar-refractivity contribution in [3.63, 3.8) is 0 Å². The third-order valence-electron chi connectivity index (χ3n) is 3.77. The Hall–Kier alpha value is -2.06. The number of carbonyl (C=O) groups is 1. The van der Waals surface area contributed by atoms with E-state index in [0.717, 1.165) is 23.9 Å². The van der Waals surface area contributed by atoms with Crippen molar-refractivity contribution >= 4 is 28.5 Å². The summed E-state index contributed by atoms with van der Waals surface area (Å²) in [5.41, 5.74) is 2.10. The van der Waals surface area contributed by atoms with Gasteiger partial charge in [0.1, 0.15) is 11.9 Å². The van der Waals surface area contributed by atoms with Crippen LogP contribution in [-0.2, 0) is 4.79 Å². The van der Waals surface area contributed by atoms with Gasteiger partial charge in [-0.3, -0.25) is 4.79 Å². The number of hydrogen-bond donors (Lipinski definition) is 1. The lowest BCUT2D eigenvalue weighted by Gasteiger charge is -2.25. The van der Waals surface area contributed by atoms with Crippen molar-refractivity contribution in [2.45, 2.75) is 31.2 Å². The van der Waals surface area contributed by atoms with Gasteiger partial charge >= 0.3 is 0 Å². The minimum atomic E-state index is -0.311. The Balaban J connectivity index is 2.24. The number of nitrogens with one attached hydrogen (secondary N) is 1. The summed E-state index contributed by atoms with van der Waals surface area (Å²) in [5, 5.41) is 11.7. The van der Waals surface area contributed by atoms with E-state index in [4.69, 9.17) is 16.9 Å². The van der Waals surface area contributed by atoms with E-state index >= 15 is 0 Å². The van der Waals surface area contributed by atoms with E-state index < -0.39 is 0 Å². The van der Waals surface area contributed by atoms with Gasteiger partial charge in [-0.15, -0.1) is 11.6 Å². The second-order valence-electron chi connectivity index (χ2n) is 5.22. The van der Waals surface area contributed by atoms with E-state index in [1.165, 1.54) is 0 Å². The number of benzene rings is 1. The summed E-state index contributed by atoms with van der Waals surface area (Å²) < 4.78 is 1.89. The quantitative estimate of drug-likeness (QED) is 0.867. The Morgan fingerprint density at radius 2 is 2.38 bits per heavy atom. The summed E-state index contributed by atoms with van der Waals surface area (Å²) in [6, 6.07) is 7.11. The largest absolute Gasteiger partial charge is 0.354 e. The van der Waals surface area contributed by atoms with Crippen LogP contribution in [0.15, 0.2) is 18.2 Å². The smallest absolute Gasteiger partial charge is 0.243 e. The van der Waals surface area contributed by atoms with E-state index in [9.17, 15) is 4.79 Å². The summed E-state index contributed by atoms with van der Waals surface area (Å²) in [6.45, 7) is 2.54. The summed E-state index contributed by atoms with van der Waals surface area (Å²) >= 11 is 6.24. The molecule has 0 spiro atoms. The first kappa shape index (κ1) is 13.9. The first-order valence-electron chi connectivity index (χ1n) is 6.95. The van der Waals surface area contributed by atoms with E-state index in [1.54, 1.807) is 18.2 Å². The van der Waals surface area contributed by atoms with Crippen molar-refractivity contribution in [3.05, 3.63) is 29.6 Å². The molecule has 1 saturated heterocycles. The van der Waals surface area contributed by atoms with E-state index in [1.807, 2.05) is 11.5 Å². The molecular formula is C15H15ClN4O. The Morgan fingerprint density at radius 3 is 3.05 bits per heavy atom. The van der Waals surface area contributed by atoms with Crippen molar-refractivity contribution < 1.29 is 4.79 Å². The van der Waals surface area contributed by atoms with Crippen LogP contribution in [0.1, 0.15) is 42.6 Å². The van der Waals surface area contributed by atoms with Crippen LogP contribution in [0.2, 0.25) is 0 Å². The highest BCUT2D eigenvalue weighted by Crippen LogP contribution is 2.31. The highest BCUT2D eigenvalue weighted by molar-refractivity contribution is 6.20. The van der Waals surface area contributed by atoms with Crippen molar-refractivity contribution in [2.75, 3.05) is 6.54 Å². The number of imidazole rings is 1. The molecule has 0 saturated carbocycles. The first-order chi connectivity index (χ1) is 10.1. The second-order valence-corrected chi connectivity index (χ2v) is 5.88. The fourth-order valence-electron chi connectivity index (χ4n) is 2.79. The maximum absolute atomic E-state index is 12.2. The van der Waals surface area contributed by atoms with Crippen molar-refractivity contribution in [1.82, 2.24) is 14.9 Å². The van der Waals surface area contributed by atoms with Crippen LogP contribution in [-0.4, -0.2) is 22.0 Å². The molecule has 1 N–H and O–H groups in total. The number of nitrogens with zero attached hydrogens (tertiary/aromatic N) is 3. The summed E-state index contributed by atoms with van der Waals surface area (Å²) in [5.74, 6) is 0.658. The number of rotatable bonds is 2. The molecule has 1 aromatic heterocycles. The number of hydrogen-bond acceptors (Lipinski definition) is 3. The average Bonchev–Trinajstić information content (AvgIpc) is 2.86. The van der Waals surface area contributed by atoms with Crippen molar-refractivity contribution in [1.29, 1.82) is 5.26 Å². The lowest BCUT2D eigenvalue weighted by molar-refractivity contribution is -0.125. The normalized spacial score (nSPS) is 20.0. The molecule has 1 amide bonds. The number of halogens is 1. The molecule has 2 unspecified atom stereocenters. The van der Waals surface area contributed by atoms with Crippen LogP contribution in [0.25, 0.3) is 11.0 Å². The number of carbonyl (C=O) groups excluding carboxylic acids is 1. The molecule has 5 nitrogen and oxygen atoms in total. The zero-order valence-electron chi connectivity index (χ0n) is 11.6. The Kier molecular flexibility index (Phi) is 3.56. The molecule has 6 heteroatoms. The molecular weight excluding hydrogens is 288 g/mol. The monoisotopic (exact) mass is 302 g/mol. The van der Waals surface area contributed by atoms with Gasteiger partial charge in [0, 0.05) is 6.54 Å². The lowest BCUT2D eigenvalue weighted by Crippen LogP contribution is -2.38. The molecule has 1 aromatic carbocycles. The number of fused-ring (bicyclic) bond motifs is 1. The van der Waals surface area contributed by atoms with E-state index in [0.29, 0.717) is 17.9 Å². The number of nitriles is 1. The fourth-order valence-corrected chi connectivity index (χ4v) is 2.95. The molecule has 1 aliphatic rings. The maximum atomic E-state index is 12.2. The predicted molar refractivity (Wildman–Crippen MR) is 80.0 cm³/mol. The molecule has 3 rings (SSSR count). The minimum absolute atomic E-state index is 0.0125. The topological polar surface area (TPSA) is 70.7 Å². The lowest BCUT2D eigenvalue weighted by atomic mass is 10.1. The molecule has 0 aliphatic carbocycles. The third kappa shape index (κ3) is 2.36. The molecule has 108 valence electrons. The maximum Gasteiger partial charge on any atom is 0.243 e. The van der Waals surface area contributed by atoms with Gasteiger partial charge < -0.3 is 9.88 Å². The third-order valence-corrected chi connectivity index (χ3v) is 3.96. The molecule has 0 radical (unpaired) electrons. The van der Waals surface area contributed by atoms with Crippen LogP contribution >= 0.6 is 11.6 Å². The van der Waals surface area contributed by atoms with Crippen molar-refractivity contribution in [3.8, 4) is 6.07 Å². The molecule has 2 atom stereocenters. The standard InChI is InChI=1S/C15H15ClN4O/c1-9(16)14-19-11-5-4-10(8-17)7-13(11)20(14)12-3-2-6-18-15(12)21/h4-5,7,9,12H,2-3,6H2,1H3,(H,18,21). The Bertz CT molecular complexity index is 744. The van der Waals surface area contributed by atoms with Gasteiger partial charge in [0.2, 0.25) is 5.91 Å². The fraction of sp³-hybridized carbons (Fsp3) is 0.400. The van der Waals surface area contributed by atoms with E-state index in [2.05, 4.69) is 16.4 Å². The van der Waals surface area contributed by atoms with E-state index in [-0.39, 0.29) is 17.3 Å².